The first kappa shape index (κ1) is 10.2. The van der Waals surface area contributed by atoms with Crippen molar-refractivity contribution in [2.75, 3.05) is 6.61 Å². The van der Waals surface area contributed by atoms with Crippen LogP contribution in [0.4, 0.5) is 0 Å². The quantitative estimate of drug-likeness (QED) is 0.755. The molecule has 0 aliphatic rings. The summed E-state index contributed by atoms with van der Waals surface area (Å²) >= 11 is 0. The number of aliphatic hydroxyl groups is 1. The number of hydrogen-bond acceptors (Lipinski definition) is 3. The van der Waals surface area contributed by atoms with Gasteiger partial charge in [0.05, 0.1) is 18.4 Å². The van der Waals surface area contributed by atoms with Gasteiger partial charge in [-0.2, -0.15) is 5.10 Å². The maximum Gasteiger partial charge on any atom is 0.121 e. The van der Waals surface area contributed by atoms with E-state index in [0.29, 0.717) is 12.3 Å². The molecule has 1 unspecified atom stereocenters. The highest BCUT2D eigenvalue weighted by atomic mass is 16.5. The lowest BCUT2D eigenvalue weighted by atomic mass is 10.3. The Morgan fingerprint density at radius 1 is 1.62 bits per heavy atom. The minimum Gasteiger partial charge on any atom is -0.384 e. The molecule has 0 amide bonds. The third-order valence-corrected chi connectivity index (χ3v) is 1.66. The Labute approximate surface area is 78.1 Å². The molecule has 1 atom stereocenters. The number of aromatic nitrogens is 2. The zero-order valence-electron chi connectivity index (χ0n) is 8.27. The number of hydrogen-bond donors (Lipinski definition) is 1. The summed E-state index contributed by atoms with van der Waals surface area (Å²) < 4.78 is 6.93. The second kappa shape index (κ2) is 4.39. The second-order valence-electron chi connectivity index (χ2n) is 3.31. The van der Waals surface area contributed by atoms with Crippen molar-refractivity contribution < 1.29 is 9.84 Å². The van der Waals surface area contributed by atoms with Crippen LogP contribution in [0.3, 0.4) is 0 Å². The van der Waals surface area contributed by atoms with Crippen LogP contribution in [0.1, 0.15) is 25.6 Å². The largest absolute Gasteiger partial charge is 0.384 e. The summed E-state index contributed by atoms with van der Waals surface area (Å²) in [4.78, 5) is 0. The van der Waals surface area contributed by atoms with Gasteiger partial charge in [-0.1, -0.05) is 0 Å². The standard InChI is InChI=1S/C9H16N2O2/c1-7(2)13-6-9(12)8-4-5-11(3)10-8/h4-5,7,9,12H,6H2,1-3H3. The normalized spacial score (nSPS) is 13.6. The van der Waals surface area contributed by atoms with Gasteiger partial charge in [-0.15, -0.1) is 0 Å². The van der Waals surface area contributed by atoms with Crippen molar-refractivity contribution in [3.63, 3.8) is 0 Å². The fourth-order valence-corrected chi connectivity index (χ4v) is 0.980. The molecule has 74 valence electrons. The van der Waals surface area contributed by atoms with Crippen molar-refractivity contribution in [2.24, 2.45) is 7.05 Å². The fraction of sp³-hybridized carbons (Fsp3) is 0.667. The summed E-state index contributed by atoms with van der Waals surface area (Å²) in [6, 6.07) is 1.79. The summed E-state index contributed by atoms with van der Waals surface area (Å²) in [6.07, 6.45) is 1.32. The molecule has 0 bridgehead atoms. The van der Waals surface area contributed by atoms with Crippen LogP contribution >= 0.6 is 0 Å². The molecule has 1 rings (SSSR count). The van der Waals surface area contributed by atoms with Gasteiger partial charge in [-0.3, -0.25) is 4.68 Å². The van der Waals surface area contributed by atoms with Gasteiger partial charge in [0.25, 0.3) is 0 Å². The summed E-state index contributed by atoms with van der Waals surface area (Å²) in [6.45, 7) is 4.17. The van der Waals surface area contributed by atoms with Crippen LogP contribution in [0.2, 0.25) is 0 Å². The molecule has 1 N–H and O–H groups in total. The van der Waals surface area contributed by atoms with E-state index in [-0.39, 0.29) is 6.10 Å². The summed E-state index contributed by atoms with van der Waals surface area (Å²) in [5, 5.41) is 13.7. The first-order valence-corrected chi connectivity index (χ1v) is 4.39. The molecule has 1 heterocycles. The molecule has 0 aromatic carbocycles. The van der Waals surface area contributed by atoms with E-state index in [4.69, 9.17) is 4.74 Å². The molecule has 0 saturated carbocycles. The smallest absolute Gasteiger partial charge is 0.121 e. The minimum absolute atomic E-state index is 0.137. The Kier molecular flexibility index (Phi) is 3.45. The van der Waals surface area contributed by atoms with Crippen LogP contribution in [0, 0.1) is 0 Å². The van der Waals surface area contributed by atoms with Crippen LogP contribution < -0.4 is 0 Å². The van der Waals surface area contributed by atoms with Crippen molar-refractivity contribution in [1.29, 1.82) is 0 Å². The SMILES string of the molecule is CC(C)OCC(O)c1ccn(C)n1. The molecule has 0 aliphatic heterocycles. The van der Waals surface area contributed by atoms with Gasteiger partial charge < -0.3 is 9.84 Å². The van der Waals surface area contributed by atoms with Crippen LogP contribution in [0.5, 0.6) is 0 Å². The topological polar surface area (TPSA) is 47.3 Å². The molecule has 1 aromatic rings. The molecular formula is C9H16N2O2. The Morgan fingerprint density at radius 3 is 2.77 bits per heavy atom. The van der Waals surface area contributed by atoms with Gasteiger partial charge in [0.1, 0.15) is 6.10 Å². The lowest BCUT2D eigenvalue weighted by Crippen LogP contribution is -2.12. The molecule has 4 nitrogen and oxygen atoms in total. The van der Waals surface area contributed by atoms with E-state index in [2.05, 4.69) is 5.10 Å². The van der Waals surface area contributed by atoms with E-state index >= 15 is 0 Å². The van der Waals surface area contributed by atoms with Crippen molar-refractivity contribution in [2.45, 2.75) is 26.1 Å². The summed E-state index contributed by atoms with van der Waals surface area (Å²) in [5.41, 5.74) is 0.656. The van der Waals surface area contributed by atoms with Gasteiger partial charge in [0, 0.05) is 13.2 Å². The molecule has 4 heteroatoms. The average Bonchev–Trinajstić information content (AvgIpc) is 2.47. The van der Waals surface area contributed by atoms with Gasteiger partial charge >= 0.3 is 0 Å². The maximum atomic E-state index is 9.58. The van der Waals surface area contributed by atoms with Crippen molar-refractivity contribution in [3.8, 4) is 0 Å². The Morgan fingerprint density at radius 2 is 2.31 bits per heavy atom. The van der Waals surface area contributed by atoms with Gasteiger partial charge in [-0.05, 0) is 19.9 Å². The van der Waals surface area contributed by atoms with Crippen LogP contribution in [0.25, 0.3) is 0 Å². The van der Waals surface area contributed by atoms with Crippen LogP contribution in [-0.2, 0) is 11.8 Å². The molecule has 0 radical (unpaired) electrons. The third kappa shape index (κ3) is 3.16. The number of aryl methyl sites for hydroxylation is 1. The Bertz CT molecular complexity index is 258. The van der Waals surface area contributed by atoms with E-state index < -0.39 is 6.10 Å². The molecule has 13 heavy (non-hydrogen) atoms. The van der Waals surface area contributed by atoms with E-state index in [1.165, 1.54) is 0 Å². The first-order chi connectivity index (χ1) is 6.09. The highest BCUT2D eigenvalue weighted by molar-refractivity contribution is 5.02. The molecule has 0 aliphatic carbocycles. The van der Waals surface area contributed by atoms with Crippen molar-refractivity contribution in [1.82, 2.24) is 9.78 Å². The number of nitrogens with zero attached hydrogens (tertiary/aromatic N) is 2. The van der Waals surface area contributed by atoms with E-state index in [9.17, 15) is 5.11 Å². The lowest BCUT2D eigenvalue weighted by Gasteiger charge is -2.11. The van der Waals surface area contributed by atoms with E-state index in [1.54, 1.807) is 16.9 Å². The van der Waals surface area contributed by atoms with E-state index in [1.807, 2.05) is 20.9 Å². The highest BCUT2D eigenvalue weighted by Crippen LogP contribution is 2.10. The fourth-order valence-electron chi connectivity index (χ4n) is 0.980. The minimum atomic E-state index is -0.622. The van der Waals surface area contributed by atoms with Crippen molar-refractivity contribution >= 4 is 0 Å². The van der Waals surface area contributed by atoms with Crippen LogP contribution in [0.15, 0.2) is 12.3 Å². The monoisotopic (exact) mass is 184 g/mol. The zero-order chi connectivity index (χ0) is 9.84. The molecule has 0 spiro atoms. The number of rotatable bonds is 4. The third-order valence-electron chi connectivity index (χ3n) is 1.66. The lowest BCUT2D eigenvalue weighted by molar-refractivity contribution is 0.00308. The molecule has 1 aromatic heterocycles. The Hall–Kier alpha value is -0.870. The average molecular weight is 184 g/mol. The molecular weight excluding hydrogens is 168 g/mol. The van der Waals surface area contributed by atoms with Gasteiger partial charge in [0.2, 0.25) is 0 Å². The number of ether oxygens (including phenoxy) is 1. The van der Waals surface area contributed by atoms with E-state index in [0.717, 1.165) is 0 Å². The zero-order valence-corrected chi connectivity index (χ0v) is 8.27. The first-order valence-electron chi connectivity index (χ1n) is 4.39. The Balaban J connectivity index is 2.44. The number of aliphatic hydroxyl groups excluding tert-OH is 1. The highest BCUT2D eigenvalue weighted by Gasteiger charge is 2.10. The summed E-state index contributed by atoms with van der Waals surface area (Å²) in [5.74, 6) is 0. The predicted molar refractivity (Wildman–Crippen MR) is 49.3 cm³/mol. The predicted octanol–water partition coefficient (Wildman–Crippen LogP) is 0.878. The van der Waals surface area contributed by atoms with Gasteiger partial charge in [-0.25, -0.2) is 0 Å². The van der Waals surface area contributed by atoms with Crippen LogP contribution in [-0.4, -0.2) is 27.6 Å². The molecule has 0 fully saturated rings. The molecule has 0 saturated heterocycles. The second-order valence-corrected chi connectivity index (χ2v) is 3.31. The summed E-state index contributed by atoms with van der Waals surface area (Å²) in [7, 11) is 1.82. The van der Waals surface area contributed by atoms with Gasteiger partial charge in [0.15, 0.2) is 0 Å². The van der Waals surface area contributed by atoms with Crippen molar-refractivity contribution in [3.05, 3.63) is 18.0 Å². The maximum absolute atomic E-state index is 9.58.